The monoisotopic (exact) mass is 419 g/mol. The van der Waals surface area contributed by atoms with Crippen molar-refractivity contribution in [3.8, 4) is 17.0 Å². The molecule has 0 saturated carbocycles. The Morgan fingerprint density at radius 1 is 1.26 bits per heavy atom. The lowest BCUT2D eigenvalue weighted by molar-refractivity contribution is 0.0941. The highest BCUT2D eigenvalue weighted by Gasteiger charge is 2.23. The van der Waals surface area contributed by atoms with Crippen molar-refractivity contribution in [3.63, 3.8) is 0 Å². The van der Waals surface area contributed by atoms with Crippen LogP contribution in [0.1, 0.15) is 47.2 Å². The summed E-state index contributed by atoms with van der Waals surface area (Å²) in [6.07, 6.45) is 1.97. The van der Waals surface area contributed by atoms with Crippen LogP contribution in [0, 0.1) is 13.8 Å². The van der Waals surface area contributed by atoms with Crippen molar-refractivity contribution in [3.05, 3.63) is 59.0 Å². The highest BCUT2D eigenvalue weighted by molar-refractivity contribution is 6.09. The van der Waals surface area contributed by atoms with Gasteiger partial charge in [-0.15, -0.1) is 0 Å². The molecule has 31 heavy (non-hydrogen) atoms. The van der Waals surface area contributed by atoms with Gasteiger partial charge in [0.2, 0.25) is 0 Å². The van der Waals surface area contributed by atoms with E-state index >= 15 is 0 Å². The molecule has 0 radical (unpaired) electrons. The van der Waals surface area contributed by atoms with Crippen LogP contribution < -0.4 is 10.1 Å². The Morgan fingerprint density at radius 3 is 2.65 bits per heavy atom. The zero-order valence-electron chi connectivity index (χ0n) is 18.3. The molecule has 8 nitrogen and oxygen atoms in total. The van der Waals surface area contributed by atoms with Crippen LogP contribution >= 0.6 is 0 Å². The number of benzene rings is 1. The van der Waals surface area contributed by atoms with Crippen molar-refractivity contribution in [1.29, 1.82) is 0 Å². The number of rotatable bonds is 6. The second kappa shape index (κ2) is 8.22. The number of fused-ring (bicyclic) bond motifs is 1. The minimum Gasteiger partial charge on any atom is -0.497 e. The van der Waals surface area contributed by atoms with Gasteiger partial charge < -0.3 is 14.6 Å². The molecule has 0 saturated heterocycles. The number of nitrogens with one attached hydrogen (secondary N) is 1. The van der Waals surface area contributed by atoms with Crippen LogP contribution in [0.5, 0.6) is 5.75 Å². The largest absolute Gasteiger partial charge is 0.497 e. The van der Waals surface area contributed by atoms with Crippen molar-refractivity contribution < 1.29 is 14.1 Å². The van der Waals surface area contributed by atoms with Gasteiger partial charge in [-0.25, -0.2) is 4.98 Å². The highest BCUT2D eigenvalue weighted by atomic mass is 16.5. The van der Waals surface area contributed by atoms with Crippen LogP contribution in [-0.4, -0.2) is 32.9 Å². The molecule has 1 aromatic carbocycles. The van der Waals surface area contributed by atoms with Gasteiger partial charge in [0, 0.05) is 29.6 Å². The first-order valence-electron chi connectivity index (χ1n) is 10.2. The number of hydrogen-bond donors (Lipinski definition) is 1. The van der Waals surface area contributed by atoms with Gasteiger partial charge >= 0.3 is 0 Å². The Hall–Kier alpha value is -3.68. The van der Waals surface area contributed by atoms with Crippen molar-refractivity contribution in [1.82, 2.24) is 25.2 Å². The van der Waals surface area contributed by atoms with Crippen LogP contribution in [-0.2, 0) is 6.54 Å². The van der Waals surface area contributed by atoms with E-state index in [9.17, 15) is 4.79 Å². The molecule has 1 amide bonds. The van der Waals surface area contributed by atoms with E-state index < -0.39 is 0 Å². The molecule has 0 spiro atoms. The standard InChI is InChI=1S/C23H25N5O3/c1-6-28-12-19(15(4)26-28)14(3)25-22(29)18-11-13(2)24-23-20(18)21(27-31-23)16-7-9-17(30-5)10-8-16/h7-12,14H,6H2,1-5H3,(H,25,29)/t14-/m1/s1. The number of carbonyl (C=O) groups is 1. The fourth-order valence-electron chi connectivity index (χ4n) is 3.67. The molecule has 0 aliphatic carbocycles. The predicted octanol–water partition coefficient (Wildman–Crippen LogP) is 4.22. The third-order valence-electron chi connectivity index (χ3n) is 5.31. The number of hydrogen-bond acceptors (Lipinski definition) is 6. The highest BCUT2D eigenvalue weighted by Crippen LogP contribution is 2.31. The molecule has 1 atom stereocenters. The average Bonchev–Trinajstić information content (AvgIpc) is 3.36. The fourth-order valence-corrected chi connectivity index (χ4v) is 3.67. The van der Waals surface area contributed by atoms with Crippen LogP contribution in [0.2, 0.25) is 0 Å². The third-order valence-corrected chi connectivity index (χ3v) is 5.31. The topological polar surface area (TPSA) is 95.1 Å². The summed E-state index contributed by atoms with van der Waals surface area (Å²) < 4.78 is 12.6. The number of aromatic nitrogens is 4. The van der Waals surface area contributed by atoms with Gasteiger partial charge in [-0.2, -0.15) is 5.10 Å². The van der Waals surface area contributed by atoms with Gasteiger partial charge in [-0.05, 0) is 58.0 Å². The number of ether oxygens (including phenoxy) is 1. The number of carbonyl (C=O) groups excluding carboxylic acids is 1. The number of aryl methyl sites for hydroxylation is 3. The molecule has 1 N–H and O–H groups in total. The van der Waals surface area contributed by atoms with Crippen LogP contribution in [0.4, 0.5) is 0 Å². The maximum atomic E-state index is 13.3. The molecule has 160 valence electrons. The van der Waals surface area contributed by atoms with Gasteiger partial charge in [0.25, 0.3) is 11.6 Å². The molecular formula is C23H25N5O3. The Kier molecular flexibility index (Phi) is 5.46. The van der Waals surface area contributed by atoms with E-state index in [1.54, 1.807) is 13.2 Å². The number of pyridine rings is 1. The summed E-state index contributed by atoms with van der Waals surface area (Å²) in [7, 11) is 1.61. The zero-order chi connectivity index (χ0) is 22.1. The minimum absolute atomic E-state index is 0.208. The number of nitrogens with zero attached hydrogens (tertiary/aromatic N) is 4. The van der Waals surface area contributed by atoms with Crippen LogP contribution in [0.3, 0.4) is 0 Å². The van der Waals surface area contributed by atoms with Gasteiger partial charge in [0.1, 0.15) is 11.4 Å². The van der Waals surface area contributed by atoms with E-state index in [0.29, 0.717) is 28.1 Å². The van der Waals surface area contributed by atoms with Crippen molar-refractivity contribution >= 4 is 17.0 Å². The Labute approximate surface area is 180 Å². The van der Waals surface area contributed by atoms with E-state index in [1.165, 1.54) is 0 Å². The summed E-state index contributed by atoms with van der Waals surface area (Å²) >= 11 is 0. The van der Waals surface area contributed by atoms with Crippen molar-refractivity contribution in [2.75, 3.05) is 7.11 Å². The Bertz CT molecular complexity index is 1240. The normalized spacial score (nSPS) is 12.2. The van der Waals surface area contributed by atoms with Crippen LogP contribution in [0.25, 0.3) is 22.4 Å². The number of methoxy groups -OCH3 is 1. The second-order valence-electron chi connectivity index (χ2n) is 7.47. The van der Waals surface area contributed by atoms with E-state index in [0.717, 1.165) is 29.1 Å². The summed E-state index contributed by atoms with van der Waals surface area (Å²) in [5.74, 6) is 0.518. The lowest BCUT2D eigenvalue weighted by atomic mass is 10.0. The Morgan fingerprint density at radius 2 is 2.00 bits per heavy atom. The Balaban J connectivity index is 1.72. The SMILES string of the molecule is CCn1cc([C@@H](C)NC(=O)c2cc(C)nc3onc(-c4ccc(OC)cc4)c23)c(C)n1. The average molecular weight is 419 g/mol. The lowest BCUT2D eigenvalue weighted by Gasteiger charge is -2.14. The van der Waals surface area contributed by atoms with Crippen molar-refractivity contribution in [2.24, 2.45) is 0 Å². The van der Waals surface area contributed by atoms with Gasteiger partial charge in [-0.1, -0.05) is 5.16 Å². The zero-order valence-corrected chi connectivity index (χ0v) is 18.3. The molecule has 4 rings (SSSR count). The third kappa shape index (κ3) is 3.88. The van der Waals surface area contributed by atoms with Crippen molar-refractivity contribution in [2.45, 2.75) is 40.3 Å². The molecular weight excluding hydrogens is 394 g/mol. The van der Waals surface area contributed by atoms with Gasteiger partial charge in [-0.3, -0.25) is 9.48 Å². The molecule has 0 bridgehead atoms. The maximum Gasteiger partial charge on any atom is 0.259 e. The summed E-state index contributed by atoms with van der Waals surface area (Å²) in [5.41, 5.74) is 4.75. The minimum atomic E-state index is -0.218. The molecule has 3 heterocycles. The first-order valence-corrected chi connectivity index (χ1v) is 10.2. The molecule has 0 aliphatic heterocycles. The van der Waals surface area contributed by atoms with E-state index in [2.05, 4.69) is 20.6 Å². The smallest absolute Gasteiger partial charge is 0.259 e. The molecule has 4 aromatic rings. The summed E-state index contributed by atoms with van der Waals surface area (Å²) in [6.45, 7) is 8.52. The lowest BCUT2D eigenvalue weighted by Crippen LogP contribution is -2.27. The summed E-state index contributed by atoms with van der Waals surface area (Å²) in [4.78, 5) is 17.7. The van der Waals surface area contributed by atoms with E-state index in [-0.39, 0.29) is 11.9 Å². The first kappa shape index (κ1) is 20.6. The predicted molar refractivity (Wildman–Crippen MR) is 117 cm³/mol. The van der Waals surface area contributed by atoms with Gasteiger partial charge in [0.05, 0.1) is 29.8 Å². The number of amides is 1. The van der Waals surface area contributed by atoms with Gasteiger partial charge in [0.15, 0.2) is 0 Å². The molecule has 0 aliphatic rings. The molecule has 0 fully saturated rings. The second-order valence-corrected chi connectivity index (χ2v) is 7.47. The summed E-state index contributed by atoms with van der Waals surface area (Å²) in [6, 6.07) is 8.99. The molecule has 0 unspecified atom stereocenters. The van der Waals surface area contributed by atoms with Crippen LogP contribution in [0.15, 0.2) is 41.1 Å². The van der Waals surface area contributed by atoms with E-state index in [1.807, 2.05) is 62.8 Å². The fraction of sp³-hybridized carbons (Fsp3) is 0.304. The summed E-state index contributed by atoms with van der Waals surface area (Å²) in [5, 5.41) is 12.3. The molecule has 3 aromatic heterocycles. The quantitative estimate of drug-likeness (QED) is 0.503. The maximum absolute atomic E-state index is 13.3. The van der Waals surface area contributed by atoms with E-state index in [4.69, 9.17) is 9.26 Å². The first-order chi connectivity index (χ1) is 14.9. The molecule has 8 heteroatoms.